The number of amides is 1. The fraction of sp³-hybridized carbons (Fsp3) is 0.308. The van der Waals surface area contributed by atoms with E-state index in [1.807, 2.05) is 48.1 Å². The van der Waals surface area contributed by atoms with Crippen molar-refractivity contribution in [1.29, 1.82) is 0 Å². The Hall–Kier alpha value is -3.29. The smallest absolute Gasteiger partial charge is 0.238 e. The SMILES string of the molecule is Cn1cc2c(OCC3CCN(CC(=O)Nc4ccc(N)cc4)CC3)nc3cc(Cl)ccc3c2c1. The molecule has 0 saturated carbocycles. The number of nitrogens with two attached hydrogens (primary N) is 1. The quantitative estimate of drug-likeness (QED) is 0.393. The molecule has 1 amide bonds. The topological polar surface area (TPSA) is 85.4 Å². The van der Waals surface area contributed by atoms with Gasteiger partial charge in [0.05, 0.1) is 24.1 Å². The van der Waals surface area contributed by atoms with Gasteiger partial charge in [-0.25, -0.2) is 4.98 Å². The van der Waals surface area contributed by atoms with Gasteiger partial charge in [0.25, 0.3) is 0 Å². The first kappa shape index (κ1) is 22.5. The number of benzene rings is 2. The van der Waals surface area contributed by atoms with E-state index in [1.165, 1.54) is 0 Å². The molecule has 0 spiro atoms. The fourth-order valence-corrected chi connectivity index (χ4v) is 4.72. The molecule has 8 heteroatoms. The number of piperidine rings is 1. The lowest BCUT2D eigenvalue weighted by atomic mass is 9.98. The lowest BCUT2D eigenvalue weighted by Gasteiger charge is -2.31. The van der Waals surface area contributed by atoms with Crippen molar-refractivity contribution < 1.29 is 9.53 Å². The van der Waals surface area contributed by atoms with Crippen molar-refractivity contribution in [3.63, 3.8) is 0 Å². The summed E-state index contributed by atoms with van der Waals surface area (Å²) < 4.78 is 8.28. The second-order valence-corrected chi connectivity index (χ2v) is 9.47. The lowest BCUT2D eigenvalue weighted by Crippen LogP contribution is -2.40. The summed E-state index contributed by atoms with van der Waals surface area (Å²) in [5, 5.41) is 6.78. The second kappa shape index (κ2) is 9.52. The number of anilines is 2. The van der Waals surface area contributed by atoms with Gasteiger partial charge in [-0.05, 0) is 68.2 Å². The largest absolute Gasteiger partial charge is 0.477 e. The standard InChI is InChI=1S/C26H28ClN5O2/c1-31-13-22-21-7-2-18(27)12-24(21)30-26(23(22)14-31)34-16-17-8-10-32(11-9-17)15-25(33)29-20-5-3-19(28)4-6-20/h2-7,12-14,17H,8-11,15-16,28H2,1H3,(H,29,33). The van der Waals surface area contributed by atoms with Gasteiger partial charge in [-0.15, -0.1) is 0 Å². The van der Waals surface area contributed by atoms with E-state index in [9.17, 15) is 4.79 Å². The maximum atomic E-state index is 12.4. The Balaban J connectivity index is 1.18. The molecule has 0 radical (unpaired) electrons. The number of likely N-dealkylation sites (tertiary alicyclic amines) is 1. The molecule has 2 aromatic heterocycles. The third-order valence-corrected chi connectivity index (χ3v) is 6.62. The Morgan fingerprint density at radius 2 is 1.85 bits per heavy atom. The highest BCUT2D eigenvalue weighted by molar-refractivity contribution is 6.31. The van der Waals surface area contributed by atoms with Gasteiger partial charge in [-0.3, -0.25) is 9.69 Å². The van der Waals surface area contributed by atoms with Crippen molar-refractivity contribution in [3.05, 3.63) is 59.9 Å². The molecule has 0 atom stereocenters. The molecule has 4 aromatic rings. The molecule has 1 aliphatic rings. The monoisotopic (exact) mass is 477 g/mol. The van der Waals surface area contributed by atoms with Crippen molar-refractivity contribution in [2.75, 3.05) is 37.3 Å². The predicted octanol–water partition coefficient (Wildman–Crippen LogP) is 4.69. The van der Waals surface area contributed by atoms with Gasteiger partial charge in [0.1, 0.15) is 0 Å². The number of carbonyl (C=O) groups excluding carboxylic acids is 1. The number of ether oxygens (including phenoxy) is 1. The number of nitrogen functional groups attached to an aromatic ring is 1. The summed E-state index contributed by atoms with van der Waals surface area (Å²) >= 11 is 6.20. The molecule has 34 heavy (non-hydrogen) atoms. The second-order valence-electron chi connectivity index (χ2n) is 9.03. The van der Waals surface area contributed by atoms with Crippen LogP contribution in [0.15, 0.2) is 54.9 Å². The maximum absolute atomic E-state index is 12.4. The minimum Gasteiger partial charge on any atom is -0.477 e. The minimum atomic E-state index is -0.00929. The van der Waals surface area contributed by atoms with E-state index in [1.54, 1.807) is 12.1 Å². The molecule has 3 heterocycles. The van der Waals surface area contributed by atoms with E-state index in [2.05, 4.69) is 16.4 Å². The number of rotatable bonds is 6. The summed E-state index contributed by atoms with van der Waals surface area (Å²) in [7, 11) is 2.00. The number of aryl methyl sites for hydroxylation is 1. The summed E-state index contributed by atoms with van der Waals surface area (Å²) in [5.74, 6) is 1.06. The van der Waals surface area contributed by atoms with E-state index >= 15 is 0 Å². The van der Waals surface area contributed by atoms with E-state index < -0.39 is 0 Å². The number of fused-ring (bicyclic) bond motifs is 3. The number of nitrogens with one attached hydrogen (secondary N) is 1. The van der Waals surface area contributed by atoms with Crippen LogP contribution in [0.4, 0.5) is 11.4 Å². The Bertz CT molecular complexity index is 1330. The van der Waals surface area contributed by atoms with Gasteiger partial charge < -0.3 is 20.4 Å². The predicted molar refractivity (Wildman–Crippen MR) is 137 cm³/mol. The maximum Gasteiger partial charge on any atom is 0.238 e. The molecule has 3 N–H and O–H groups in total. The molecule has 1 aliphatic heterocycles. The average Bonchev–Trinajstić information content (AvgIpc) is 3.21. The van der Waals surface area contributed by atoms with Crippen LogP contribution in [0.25, 0.3) is 21.7 Å². The molecule has 0 bridgehead atoms. The van der Waals surface area contributed by atoms with Crippen LogP contribution in [0.1, 0.15) is 12.8 Å². The molecule has 1 fully saturated rings. The highest BCUT2D eigenvalue weighted by Crippen LogP contribution is 2.33. The first-order valence-corrected chi connectivity index (χ1v) is 11.9. The van der Waals surface area contributed by atoms with Crippen LogP contribution in [0.5, 0.6) is 5.88 Å². The third kappa shape index (κ3) is 4.95. The van der Waals surface area contributed by atoms with Crippen LogP contribution < -0.4 is 15.8 Å². The van der Waals surface area contributed by atoms with Crippen LogP contribution in [0.2, 0.25) is 5.02 Å². The van der Waals surface area contributed by atoms with Crippen molar-refractivity contribution in [2.45, 2.75) is 12.8 Å². The number of halogens is 1. The summed E-state index contributed by atoms with van der Waals surface area (Å²) in [5.41, 5.74) is 7.98. The zero-order chi connectivity index (χ0) is 23.7. The van der Waals surface area contributed by atoms with Crippen LogP contribution in [-0.4, -0.2) is 46.6 Å². The number of aromatic nitrogens is 2. The van der Waals surface area contributed by atoms with Gasteiger partial charge in [0.15, 0.2) is 0 Å². The Morgan fingerprint density at radius 3 is 2.62 bits per heavy atom. The zero-order valence-corrected chi connectivity index (χ0v) is 19.9. The average molecular weight is 478 g/mol. The lowest BCUT2D eigenvalue weighted by molar-refractivity contribution is -0.117. The van der Waals surface area contributed by atoms with Crippen molar-refractivity contribution >= 4 is 50.6 Å². The van der Waals surface area contributed by atoms with Crippen molar-refractivity contribution in [1.82, 2.24) is 14.5 Å². The molecule has 0 aliphatic carbocycles. The molecule has 176 valence electrons. The first-order valence-electron chi connectivity index (χ1n) is 11.5. The molecular formula is C26H28ClN5O2. The van der Waals surface area contributed by atoms with E-state index in [-0.39, 0.29) is 5.91 Å². The Labute approximate surface area is 203 Å². The van der Waals surface area contributed by atoms with Crippen LogP contribution >= 0.6 is 11.6 Å². The molecule has 1 saturated heterocycles. The summed E-state index contributed by atoms with van der Waals surface area (Å²) in [6.07, 6.45) is 6.10. The Kier molecular flexibility index (Phi) is 6.30. The normalized spacial score (nSPS) is 15.1. The molecular weight excluding hydrogens is 450 g/mol. The van der Waals surface area contributed by atoms with E-state index in [0.717, 1.165) is 53.3 Å². The van der Waals surface area contributed by atoms with Crippen LogP contribution in [-0.2, 0) is 11.8 Å². The number of hydrogen-bond donors (Lipinski definition) is 2. The number of nitrogens with zero attached hydrogens (tertiary/aromatic N) is 3. The van der Waals surface area contributed by atoms with Gasteiger partial charge in [0.2, 0.25) is 11.8 Å². The molecule has 2 aromatic carbocycles. The fourth-order valence-electron chi connectivity index (χ4n) is 4.55. The summed E-state index contributed by atoms with van der Waals surface area (Å²) in [4.78, 5) is 19.3. The van der Waals surface area contributed by atoms with Gasteiger partial charge in [0, 0.05) is 46.6 Å². The Morgan fingerprint density at radius 1 is 1.12 bits per heavy atom. The van der Waals surface area contributed by atoms with Gasteiger partial charge in [-0.1, -0.05) is 17.7 Å². The van der Waals surface area contributed by atoms with Gasteiger partial charge in [-0.2, -0.15) is 0 Å². The van der Waals surface area contributed by atoms with Crippen molar-refractivity contribution in [3.8, 4) is 5.88 Å². The number of carbonyl (C=O) groups is 1. The van der Waals surface area contributed by atoms with E-state index in [0.29, 0.717) is 35.7 Å². The molecule has 0 unspecified atom stereocenters. The van der Waals surface area contributed by atoms with Gasteiger partial charge >= 0.3 is 0 Å². The van der Waals surface area contributed by atoms with E-state index in [4.69, 9.17) is 27.1 Å². The van der Waals surface area contributed by atoms with Crippen LogP contribution in [0, 0.1) is 5.92 Å². The third-order valence-electron chi connectivity index (χ3n) is 6.38. The highest BCUT2D eigenvalue weighted by atomic mass is 35.5. The summed E-state index contributed by atoms with van der Waals surface area (Å²) in [6.45, 7) is 2.72. The highest BCUT2D eigenvalue weighted by Gasteiger charge is 2.22. The van der Waals surface area contributed by atoms with Crippen LogP contribution in [0.3, 0.4) is 0 Å². The molecule has 5 rings (SSSR count). The number of hydrogen-bond acceptors (Lipinski definition) is 5. The zero-order valence-electron chi connectivity index (χ0n) is 19.1. The van der Waals surface area contributed by atoms with Crippen molar-refractivity contribution in [2.24, 2.45) is 13.0 Å². The number of pyridine rings is 1. The first-order chi connectivity index (χ1) is 16.4. The molecule has 7 nitrogen and oxygen atoms in total. The minimum absolute atomic E-state index is 0.00929. The summed E-state index contributed by atoms with van der Waals surface area (Å²) in [6, 6.07) is 13.0.